The lowest BCUT2D eigenvalue weighted by molar-refractivity contribution is -0.133. The van der Waals surface area contributed by atoms with Crippen molar-refractivity contribution in [1.82, 2.24) is 29.5 Å². The molecule has 0 bridgehead atoms. The van der Waals surface area contributed by atoms with Crippen molar-refractivity contribution in [3.8, 4) is 11.5 Å². The van der Waals surface area contributed by atoms with Crippen LogP contribution in [-0.4, -0.2) is 74.2 Å². The van der Waals surface area contributed by atoms with Crippen LogP contribution in [-0.2, 0) is 17.9 Å². The van der Waals surface area contributed by atoms with E-state index in [1.165, 1.54) is 5.56 Å². The molecule has 11 heteroatoms. The number of carbonyl (C=O) groups is 1. The summed E-state index contributed by atoms with van der Waals surface area (Å²) in [5.74, 6) is 2.57. The second kappa shape index (κ2) is 12.6. The lowest BCUT2D eigenvalue weighted by atomic mass is 10.1. The minimum atomic E-state index is 0.208. The summed E-state index contributed by atoms with van der Waals surface area (Å²) < 4.78 is 13.1. The molecule has 3 aromatic carbocycles. The first-order chi connectivity index (χ1) is 21.5. The van der Waals surface area contributed by atoms with Gasteiger partial charge >= 0.3 is 0 Å². The average molecular weight is 629 g/mol. The summed E-state index contributed by atoms with van der Waals surface area (Å²) in [5.41, 5.74) is 6.12. The van der Waals surface area contributed by atoms with Crippen LogP contribution in [0.3, 0.4) is 0 Å². The summed E-state index contributed by atoms with van der Waals surface area (Å²) in [6.45, 7) is 7.04. The SMILES string of the molecule is Cc1ccc2c(c1)c1nnc(SCCCC(=O)N3CCN(Cc4ccc5c(c4)OCO5)CC3)nc1n2Cc1cccc(Cl)c1. The fourth-order valence-corrected chi connectivity index (χ4v) is 6.83. The number of piperazine rings is 1. The van der Waals surface area contributed by atoms with Crippen molar-refractivity contribution in [1.29, 1.82) is 0 Å². The molecule has 1 amide bonds. The highest BCUT2D eigenvalue weighted by Gasteiger charge is 2.22. The summed E-state index contributed by atoms with van der Waals surface area (Å²) in [5, 5.41) is 11.4. The minimum Gasteiger partial charge on any atom is -0.454 e. The van der Waals surface area contributed by atoms with Crippen molar-refractivity contribution >= 4 is 51.3 Å². The molecular weight excluding hydrogens is 596 g/mol. The number of aryl methyl sites for hydroxylation is 1. The van der Waals surface area contributed by atoms with Crippen molar-refractivity contribution in [2.24, 2.45) is 0 Å². The molecular formula is C33H33ClN6O3S. The monoisotopic (exact) mass is 628 g/mol. The van der Waals surface area contributed by atoms with Gasteiger partial charge in [-0.05, 0) is 60.9 Å². The van der Waals surface area contributed by atoms with Gasteiger partial charge in [0.15, 0.2) is 17.1 Å². The predicted octanol–water partition coefficient (Wildman–Crippen LogP) is 5.94. The Hall–Kier alpha value is -3.86. The summed E-state index contributed by atoms with van der Waals surface area (Å²) in [6, 6.07) is 20.4. The zero-order valence-electron chi connectivity index (χ0n) is 24.5. The van der Waals surface area contributed by atoms with E-state index < -0.39 is 0 Å². The third kappa shape index (κ3) is 6.20. The van der Waals surface area contributed by atoms with Crippen LogP contribution in [0.4, 0.5) is 0 Å². The first-order valence-electron chi connectivity index (χ1n) is 14.9. The van der Waals surface area contributed by atoms with E-state index in [1.807, 2.05) is 35.2 Å². The molecule has 0 radical (unpaired) electrons. The van der Waals surface area contributed by atoms with Gasteiger partial charge in [0.2, 0.25) is 17.9 Å². The van der Waals surface area contributed by atoms with Crippen molar-refractivity contribution < 1.29 is 14.3 Å². The van der Waals surface area contributed by atoms with Crippen LogP contribution in [0.25, 0.3) is 22.1 Å². The van der Waals surface area contributed by atoms with Gasteiger partial charge < -0.3 is 18.9 Å². The molecule has 226 valence electrons. The number of hydrogen-bond acceptors (Lipinski definition) is 8. The van der Waals surface area contributed by atoms with Gasteiger partial charge in [-0.3, -0.25) is 9.69 Å². The van der Waals surface area contributed by atoms with Crippen molar-refractivity contribution in [3.05, 3.63) is 82.4 Å². The standard InChI is InChI=1S/C33H33ClN6O3S/c1-22-7-9-27-26(16-22)31-32(40(27)20-23-4-2-5-25(34)17-23)35-33(37-36-31)44-15-3-6-30(41)39-13-11-38(12-14-39)19-24-8-10-28-29(18-24)43-21-42-28/h2,4-5,7-10,16-18H,3,6,11-15,19-21H2,1H3. The van der Waals surface area contributed by atoms with Gasteiger partial charge in [-0.2, -0.15) is 0 Å². The van der Waals surface area contributed by atoms with Gasteiger partial charge in [-0.15, -0.1) is 10.2 Å². The lowest BCUT2D eigenvalue weighted by Crippen LogP contribution is -2.48. The number of ether oxygens (including phenoxy) is 2. The van der Waals surface area contributed by atoms with E-state index >= 15 is 0 Å². The number of thioether (sulfide) groups is 1. The number of halogens is 1. The van der Waals surface area contributed by atoms with Gasteiger partial charge in [0, 0.05) is 61.9 Å². The molecule has 0 atom stereocenters. The molecule has 9 nitrogen and oxygen atoms in total. The molecule has 2 aliphatic heterocycles. The molecule has 1 saturated heterocycles. The molecule has 5 aromatic rings. The normalized spacial score (nSPS) is 15.0. The first kappa shape index (κ1) is 28.9. The third-order valence-electron chi connectivity index (χ3n) is 8.17. The van der Waals surface area contributed by atoms with Crippen molar-refractivity contribution in [2.45, 2.75) is 38.0 Å². The number of fused-ring (bicyclic) bond motifs is 4. The molecule has 0 aliphatic carbocycles. The maximum Gasteiger partial charge on any atom is 0.231 e. The number of hydrogen-bond donors (Lipinski definition) is 0. The van der Waals surface area contributed by atoms with E-state index in [0.29, 0.717) is 23.1 Å². The zero-order chi connectivity index (χ0) is 30.0. The second-order valence-electron chi connectivity index (χ2n) is 11.3. The minimum absolute atomic E-state index is 0.208. The summed E-state index contributed by atoms with van der Waals surface area (Å²) in [6.07, 6.45) is 1.27. The number of nitrogens with zero attached hydrogens (tertiary/aromatic N) is 6. The van der Waals surface area contributed by atoms with Gasteiger partial charge in [-0.25, -0.2) is 4.98 Å². The van der Waals surface area contributed by atoms with E-state index in [4.69, 9.17) is 26.1 Å². The van der Waals surface area contributed by atoms with Crippen LogP contribution in [0.5, 0.6) is 11.5 Å². The number of rotatable bonds is 9. The van der Waals surface area contributed by atoms with Gasteiger partial charge in [0.05, 0.1) is 5.52 Å². The van der Waals surface area contributed by atoms with Crippen LogP contribution >= 0.6 is 23.4 Å². The molecule has 0 saturated carbocycles. The smallest absolute Gasteiger partial charge is 0.231 e. The Kier molecular flexibility index (Phi) is 8.29. The van der Waals surface area contributed by atoms with Crippen LogP contribution in [0.1, 0.15) is 29.5 Å². The van der Waals surface area contributed by atoms with Crippen LogP contribution in [0.15, 0.2) is 65.8 Å². The Labute approximate surface area is 265 Å². The number of amides is 1. The number of aromatic nitrogens is 4. The molecule has 2 aliphatic rings. The van der Waals surface area contributed by atoms with Gasteiger partial charge in [-0.1, -0.05) is 53.2 Å². The Bertz CT molecular complexity index is 1840. The van der Waals surface area contributed by atoms with E-state index in [1.54, 1.807) is 11.8 Å². The average Bonchev–Trinajstić information content (AvgIpc) is 3.61. The van der Waals surface area contributed by atoms with Crippen molar-refractivity contribution in [3.63, 3.8) is 0 Å². The Morgan fingerprint density at radius 1 is 0.932 bits per heavy atom. The van der Waals surface area contributed by atoms with Crippen LogP contribution < -0.4 is 9.47 Å². The first-order valence-corrected chi connectivity index (χ1v) is 16.3. The number of carbonyl (C=O) groups excluding carboxylic acids is 1. The molecule has 44 heavy (non-hydrogen) atoms. The maximum absolute atomic E-state index is 13.0. The largest absolute Gasteiger partial charge is 0.454 e. The van der Waals surface area contributed by atoms with E-state index in [0.717, 1.165) is 89.6 Å². The maximum atomic E-state index is 13.0. The zero-order valence-corrected chi connectivity index (χ0v) is 26.1. The fourth-order valence-electron chi connectivity index (χ4n) is 5.89. The number of benzene rings is 3. The highest BCUT2D eigenvalue weighted by Crippen LogP contribution is 2.33. The van der Waals surface area contributed by atoms with Crippen molar-refractivity contribution in [2.75, 3.05) is 38.7 Å². The third-order valence-corrected chi connectivity index (χ3v) is 9.33. The van der Waals surface area contributed by atoms with E-state index in [-0.39, 0.29) is 12.7 Å². The molecule has 4 heterocycles. The summed E-state index contributed by atoms with van der Waals surface area (Å²) in [7, 11) is 0. The molecule has 0 unspecified atom stereocenters. The van der Waals surface area contributed by atoms with E-state index in [9.17, 15) is 4.79 Å². The summed E-state index contributed by atoms with van der Waals surface area (Å²) in [4.78, 5) is 22.3. The fraction of sp³-hybridized carbons (Fsp3) is 0.333. The predicted molar refractivity (Wildman–Crippen MR) is 172 cm³/mol. The highest BCUT2D eigenvalue weighted by molar-refractivity contribution is 7.99. The Morgan fingerprint density at radius 3 is 2.64 bits per heavy atom. The molecule has 2 aromatic heterocycles. The molecule has 0 spiro atoms. The van der Waals surface area contributed by atoms with Crippen LogP contribution in [0, 0.1) is 6.92 Å². The van der Waals surface area contributed by atoms with E-state index in [2.05, 4.69) is 56.9 Å². The van der Waals surface area contributed by atoms with Gasteiger partial charge in [0.1, 0.15) is 5.52 Å². The summed E-state index contributed by atoms with van der Waals surface area (Å²) >= 11 is 7.82. The molecule has 7 rings (SSSR count). The van der Waals surface area contributed by atoms with Crippen LogP contribution in [0.2, 0.25) is 5.02 Å². The quantitative estimate of drug-likeness (QED) is 0.147. The lowest BCUT2D eigenvalue weighted by Gasteiger charge is -2.34. The Balaban J connectivity index is 0.941. The molecule has 0 N–H and O–H groups in total. The second-order valence-corrected chi connectivity index (χ2v) is 12.8. The Morgan fingerprint density at radius 2 is 1.77 bits per heavy atom. The highest BCUT2D eigenvalue weighted by atomic mass is 35.5. The molecule has 1 fully saturated rings. The topological polar surface area (TPSA) is 85.6 Å². The van der Waals surface area contributed by atoms with Gasteiger partial charge in [0.25, 0.3) is 0 Å².